The molecule has 1 saturated carbocycles. The average molecular weight is 619 g/mol. The summed E-state index contributed by atoms with van der Waals surface area (Å²) in [6, 6.07) is 33.4. The molecule has 46 heavy (non-hydrogen) atoms. The number of anilines is 1. The SMILES string of the molecule is COC(=O)C(Cc1ccc(OCCCN(CC2CC2)C(=O)CCc2ccccc2)cc1)Nc1ccccc1C(=O)c1ccccc1. The smallest absolute Gasteiger partial charge is 0.328 e. The van der Waals surface area contributed by atoms with Gasteiger partial charge in [-0.3, -0.25) is 9.59 Å². The zero-order valence-electron chi connectivity index (χ0n) is 26.4. The Morgan fingerprint density at radius 3 is 2.20 bits per heavy atom. The summed E-state index contributed by atoms with van der Waals surface area (Å²) in [4.78, 5) is 41.0. The molecule has 1 aliphatic carbocycles. The fourth-order valence-electron chi connectivity index (χ4n) is 5.46. The lowest BCUT2D eigenvalue weighted by Crippen LogP contribution is -2.34. The van der Waals surface area contributed by atoms with Crippen molar-refractivity contribution in [3.8, 4) is 5.75 Å². The molecule has 1 amide bonds. The zero-order valence-corrected chi connectivity index (χ0v) is 26.4. The van der Waals surface area contributed by atoms with Crippen molar-refractivity contribution in [3.05, 3.63) is 131 Å². The van der Waals surface area contributed by atoms with Gasteiger partial charge in [0, 0.05) is 42.7 Å². The molecule has 1 fully saturated rings. The van der Waals surface area contributed by atoms with Crippen molar-refractivity contribution in [1.82, 2.24) is 4.90 Å². The molecule has 7 nitrogen and oxygen atoms in total. The lowest BCUT2D eigenvalue weighted by atomic mass is 10.00. The first-order valence-electron chi connectivity index (χ1n) is 16.1. The minimum absolute atomic E-state index is 0.124. The molecule has 0 aromatic heterocycles. The van der Waals surface area contributed by atoms with Crippen LogP contribution in [0.4, 0.5) is 5.69 Å². The van der Waals surface area contributed by atoms with E-state index in [4.69, 9.17) is 9.47 Å². The van der Waals surface area contributed by atoms with E-state index >= 15 is 0 Å². The molecule has 0 radical (unpaired) electrons. The Labute approximate surface area is 271 Å². The molecule has 238 valence electrons. The van der Waals surface area contributed by atoms with Gasteiger partial charge in [-0.1, -0.05) is 84.9 Å². The van der Waals surface area contributed by atoms with Gasteiger partial charge in [-0.2, -0.15) is 0 Å². The van der Waals surface area contributed by atoms with Gasteiger partial charge in [-0.15, -0.1) is 0 Å². The lowest BCUT2D eigenvalue weighted by molar-refractivity contribution is -0.141. The van der Waals surface area contributed by atoms with E-state index in [1.165, 1.54) is 25.5 Å². The Kier molecular flexibility index (Phi) is 11.6. The first-order chi connectivity index (χ1) is 22.5. The van der Waals surface area contributed by atoms with Crippen LogP contribution in [0.25, 0.3) is 0 Å². The second kappa shape index (κ2) is 16.4. The summed E-state index contributed by atoms with van der Waals surface area (Å²) in [6.07, 6.45) is 4.80. The summed E-state index contributed by atoms with van der Waals surface area (Å²) in [5.74, 6) is 1.03. The monoisotopic (exact) mass is 618 g/mol. The standard InChI is InChI=1S/C39H42N2O5/c1-45-39(44)36(40-35-16-9-8-15-34(35)38(43)32-13-6-3-7-14-32)27-30-19-22-33(23-20-30)46-26-10-25-41(28-31-17-18-31)37(42)24-21-29-11-4-2-5-12-29/h2-9,11-16,19-20,22-23,31,36,40H,10,17-18,21,24-28H2,1H3. The number of nitrogens with zero attached hydrogens (tertiary/aromatic N) is 1. The number of para-hydroxylation sites is 1. The highest BCUT2D eigenvalue weighted by molar-refractivity contribution is 6.12. The number of hydrogen-bond acceptors (Lipinski definition) is 6. The van der Waals surface area contributed by atoms with E-state index in [0.717, 1.165) is 30.7 Å². The molecule has 1 atom stereocenters. The van der Waals surface area contributed by atoms with Crippen LogP contribution in [-0.2, 0) is 27.2 Å². The van der Waals surface area contributed by atoms with Gasteiger partial charge in [-0.05, 0) is 67.0 Å². The van der Waals surface area contributed by atoms with Crippen LogP contribution >= 0.6 is 0 Å². The van der Waals surface area contributed by atoms with E-state index in [1.54, 1.807) is 24.3 Å². The Hall–Kier alpha value is -4.91. The van der Waals surface area contributed by atoms with Crippen LogP contribution in [0, 0.1) is 5.92 Å². The molecule has 4 aromatic rings. The van der Waals surface area contributed by atoms with Crippen molar-refractivity contribution >= 4 is 23.3 Å². The van der Waals surface area contributed by atoms with Crippen molar-refractivity contribution in [2.24, 2.45) is 5.92 Å². The highest BCUT2D eigenvalue weighted by Crippen LogP contribution is 2.30. The number of hydrogen-bond donors (Lipinski definition) is 1. The number of ketones is 1. The summed E-state index contributed by atoms with van der Waals surface area (Å²) < 4.78 is 11.1. The number of rotatable bonds is 17. The predicted octanol–water partition coefficient (Wildman–Crippen LogP) is 6.75. The molecule has 0 spiro atoms. The minimum atomic E-state index is -0.696. The van der Waals surface area contributed by atoms with Crippen LogP contribution in [0.5, 0.6) is 5.75 Å². The number of esters is 1. The second-order valence-corrected chi connectivity index (χ2v) is 11.8. The average Bonchev–Trinajstić information content (AvgIpc) is 3.93. The molecule has 1 aliphatic rings. The number of methoxy groups -OCH3 is 1. The van der Waals surface area contributed by atoms with E-state index in [-0.39, 0.29) is 11.7 Å². The number of nitrogens with one attached hydrogen (secondary N) is 1. The number of benzene rings is 4. The van der Waals surface area contributed by atoms with E-state index < -0.39 is 12.0 Å². The number of carbonyl (C=O) groups excluding carboxylic acids is 3. The maximum absolute atomic E-state index is 13.2. The third-order valence-electron chi connectivity index (χ3n) is 8.23. The predicted molar refractivity (Wildman–Crippen MR) is 180 cm³/mol. The van der Waals surface area contributed by atoms with Gasteiger partial charge in [0.15, 0.2) is 5.78 Å². The largest absolute Gasteiger partial charge is 0.494 e. The Morgan fingerprint density at radius 1 is 0.826 bits per heavy atom. The topological polar surface area (TPSA) is 84.9 Å². The fourth-order valence-corrected chi connectivity index (χ4v) is 5.46. The summed E-state index contributed by atoms with van der Waals surface area (Å²) in [7, 11) is 1.36. The third kappa shape index (κ3) is 9.54. The Balaban J connectivity index is 1.13. The first kappa shape index (κ1) is 32.5. The van der Waals surface area contributed by atoms with Crippen LogP contribution in [0.2, 0.25) is 0 Å². The van der Waals surface area contributed by atoms with Crippen LogP contribution < -0.4 is 10.1 Å². The van der Waals surface area contributed by atoms with Crippen molar-refractivity contribution < 1.29 is 23.9 Å². The first-order valence-corrected chi connectivity index (χ1v) is 16.1. The number of amides is 1. The highest BCUT2D eigenvalue weighted by Gasteiger charge is 2.26. The van der Waals surface area contributed by atoms with Crippen LogP contribution in [0.3, 0.4) is 0 Å². The van der Waals surface area contributed by atoms with Crippen molar-refractivity contribution in [2.75, 3.05) is 32.1 Å². The zero-order chi connectivity index (χ0) is 32.1. The lowest BCUT2D eigenvalue weighted by Gasteiger charge is -2.23. The molecule has 0 heterocycles. The second-order valence-electron chi connectivity index (χ2n) is 11.8. The molecular weight excluding hydrogens is 576 g/mol. The molecule has 0 saturated heterocycles. The highest BCUT2D eigenvalue weighted by atomic mass is 16.5. The van der Waals surface area contributed by atoms with Crippen LogP contribution in [0.1, 0.15) is 52.7 Å². The van der Waals surface area contributed by atoms with E-state index in [9.17, 15) is 14.4 Å². The maximum atomic E-state index is 13.2. The summed E-state index contributed by atoms with van der Waals surface area (Å²) in [5.41, 5.74) is 3.74. The van der Waals surface area contributed by atoms with Gasteiger partial charge < -0.3 is 19.7 Å². The Bertz CT molecular complexity index is 1570. The molecule has 1 N–H and O–H groups in total. The Morgan fingerprint density at radius 2 is 1.50 bits per heavy atom. The maximum Gasteiger partial charge on any atom is 0.328 e. The van der Waals surface area contributed by atoms with E-state index in [1.807, 2.05) is 77.7 Å². The van der Waals surface area contributed by atoms with E-state index in [2.05, 4.69) is 17.4 Å². The van der Waals surface area contributed by atoms with Crippen molar-refractivity contribution in [2.45, 2.75) is 44.6 Å². The summed E-state index contributed by atoms with van der Waals surface area (Å²) >= 11 is 0. The molecule has 5 rings (SSSR count). The number of ether oxygens (including phenoxy) is 2. The van der Waals surface area contributed by atoms with Gasteiger partial charge >= 0.3 is 5.97 Å². The quantitative estimate of drug-likeness (QED) is 0.0800. The van der Waals surface area contributed by atoms with Gasteiger partial charge in [-0.25, -0.2) is 4.79 Å². The van der Waals surface area contributed by atoms with Crippen LogP contribution in [0.15, 0.2) is 109 Å². The summed E-state index contributed by atoms with van der Waals surface area (Å²) in [6.45, 7) is 2.02. The molecule has 1 unspecified atom stereocenters. The summed E-state index contributed by atoms with van der Waals surface area (Å²) in [5, 5.41) is 3.25. The van der Waals surface area contributed by atoms with Gasteiger partial charge in [0.1, 0.15) is 11.8 Å². The normalized spacial score (nSPS) is 13.0. The molecular formula is C39H42N2O5. The molecule has 0 aliphatic heterocycles. The van der Waals surface area contributed by atoms with Gasteiger partial charge in [0.25, 0.3) is 0 Å². The van der Waals surface area contributed by atoms with Gasteiger partial charge in [0.2, 0.25) is 5.91 Å². The minimum Gasteiger partial charge on any atom is -0.494 e. The molecule has 4 aromatic carbocycles. The van der Waals surface area contributed by atoms with Crippen molar-refractivity contribution in [1.29, 1.82) is 0 Å². The van der Waals surface area contributed by atoms with Crippen molar-refractivity contribution in [3.63, 3.8) is 0 Å². The molecule has 7 heteroatoms. The van der Waals surface area contributed by atoms with E-state index in [0.29, 0.717) is 48.7 Å². The third-order valence-corrected chi connectivity index (χ3v) is 8.23. The number of carbonyl (C=O) groups is 3. The number of aryl methyl sites for hydroxylation is 1. The molecule has 0 bridgehead atoms. The fraction of sp³-hybridized carbons (Fsp3) is 0.308. The van der Waals surface area contributed by atoms with Gasteiger partial charge in [0.05, 0.1) is 13.7 Å². The van der Waals surface area contributed by atoms with Crippen LogP contribution in [-0.4, -0.2) is 55.4 Å².